The molecule has 170 valence electrons. The Balaban J connectivity index is 1.85. The molecule has 1 N–H and O–H groups in total. The van der Waals surface area contributed by atoms with E-state index in [1.54, 1.807) is 23.1 Å². The quantitative estimate of drug-likeness (QED) is 0.469. The number of carbonyl (C=O) groups excluding carboxylic acids is 1. The second-order valence-electron chi connectivity index (χ2n) is 7.44. The van der Waals surface area contributed by atoms with E-state index in [4.69, 9.17) is 23.2 Å². The summed E-state index contributed by atoms with van der Waals surface area (Å²) >= 11 is 12.3. The van der Waals surface area contributed by atoms with Crippen molar-refractivity contribution in [2.24, 2.45) is 0 Å². The Morgan fingerprint density at radius 2 is 1.84 bits per heavy atom. The number of tetrazole rings is 1. The second kappa shape index (κ2) is 10.1. The summed E-state index contributed by atoms with van der Waals surface area (Å²) in [5, 5.41) is 7.95. The van der Waals surface area contributed by atoms with Gasteiger partial charge in [0.1, 0.15) is 5.69 Å². The van der Waals surface area contributed by atoms with E-state index in [2.05, 4.69) is 15.1 Å². The van der Waals surface area contributed by atoms with Crippen LogP contribution in [0.1, 0.15) is 38.5 Å². The first-order valence-corrected chi connectivity index (χ1v) is 12.6. The Morgan fingerprint density at radius 3 is 2.45 bits per heavy atom. The molecule has 0 aliphatic heterocycles. The van der Waals surface area contributed by atoms with Crippen molar-refractivity contribution in [1.82, 2.24) is 29.4 Å². The predicted octanol–water partition coefficient (Wildman–Crippen LogP) is 2.28. The average Bonchev–Trinajstić information content (AvgIpc) is 3.08. The third-order valence-corrected chi connectivity index (χ3v) is 6.45. The molecule has 1 aromatic heterocycles. The molecular formula is C18H24Cl2N6O4S. The van der Waals surface area contributed by atoms with Crippen LogP contribution in [0.15, 0.2) is 23.0 Å². The monoisotopic (exact) mass is 490 g/mol. The Morgan fingerprint density at radius 1 is 1.19 bits per heavy atom. The summed E-state index contributed by atoms with van der Waals surface area (Å²) in [5.41, 5.74) is -0.633. The summed E-state index contributed by atoms with van der Waals surface area (Å²) in [5.74, 6) is 0. The van der Waals surface area contributed by atoms with Gasteiger partial charge in [0.2, 0.25) is 10.0 Å². The fourth-order valence-electron chi connectivity index (χ4n) is 3.65. The van der Waals surface area contributed by atoms with Crippen LogP contribution < -0.4 is 10.4 Å². The highest BCUT2D eigenvalue weighted by molar-refractivity contribution is 7.88. The highest BCUT2D eigenvalue weighted by atomic mass is 35.5. The van der Waals surface area contributed by atoms with E-state index in [1.807, 2.05) is 0 Å². The van der Waals surface area contributed by atoms with Gasteiger partial charge >= 0.3 is 11.7 Å². The summed E-state index contributed by atoms with van der Waals surface area (Å²) in [6, 6.07) is 4.08. The lowest BCUT2D eigenvalue weighted by molar-refractivity contribution is 0.152. The first-order chi connectivity index (χ1) is 14.7. The van der Waals surface area contributed by atoms with E-state index in [1.165, 1.54) is 0 Å². The van der Waals surface area contributed by atoms with Crippen molar-refractivity contribution < 1.29 is 13.2 Å². The molecule has 1 fully saturated rings. The van der Waals surface area contributed by atoms with Gasteiger partial charge in [0.25, 0.3) is 0 Å². The largest absolute Gasteiger partial charge is 0.377 e. The van der Waals surface area contributed by atoms with Gasteiger partial charge in [0, 0.05) is 19.1 Å². The minimum absolute atomic E-state index is 0.0552. The van der Waals surface area contributed by atoms with Gasteiger partial charge in [-0.2, -0.15) is 4.68 Å². The summed E-state index contributed by atoms with van der Waals surface area (Å²) in [7, 11) is -3.32. The van der Waals surface area contributed by atoms with E-state index in [-0.39, 0.29) is 34.9 Å². The van der Waals surface area contributed by atoms with Crippen molar-refractivity contribution in [3.8, 4) is 5.69 Å². The predicted molar refractivity (Wildman–Crippen MR) is 117 cm³/mol. The van der Waals surface area contributed by atoms with E-state index in [9.17, 15) is 18.0 Å². The third-order valence-electron chi connectivity index (χ3n) is 5.11. The van der Waals surface area contributed by atoms with Crippen LogP contribution in [0.4, 0.5) is 4.79 Å². The van der Waals surface area contributed by atoms with Gasteiger partial charge in [-0.3, -0.25) is 0 Å². The van der Waals surface area contributed by atoms with Gasteiger partial charge in [-0.15, -0.1) is 4.68 Å². The van der Waals surface area contributed by atoms with Gasteiger partial charge in [-0.05, 0) is 41.8 Å². The number of aromatic nitrogens is 4. The first kappa shape index (κ1) is 23.7. The molecule has 0 unspecified atom stereocenters. The molecule has 1 aliphatic carbocycles. The molecule has 0 bridgehead atoms. The zero-order valence-electron chi connectivity index (χ0n) is 17.0. The van der Waals surface area contributed by atoms with Crippen LogP contribution in [0, 0.1) is 0 Å². The first-order valence-electron chi connectivity index (χ1n) is 9.94. The van der Waals surface area contributed by atoms with Gasteiger partial charge in [-0.25, -0.2) is 22.7 Å². The topological polar surface area (TPSA) is 119 Å². The molecule has 2 aromatic rings. The molecule has 31 heavy (non-hydrogen) atoms. The standard InChI is InChI=1S/C18H24Cl2N6O4S/c1-31(29,30)21-11-6-12-24(13-7-3-2-4-8-13)17(27)26-18(28)25(22-23-26)16-14(19)9-5-10-15(16)20/h5,9-10,13,21H,2-4,6-8,11-12H2,1H3. The fourth-order valence-corrected chi connectivity index (χ4v) is 4.73. The van der Waals surface area contributed by atoms with Crippen molar-refractivity contribution in [2.75, 3.05) is 19.3 Å². The maximum absolute atomic E-state index is 13.2. The Labute approximate surface area is 190 Å². The minimum atomic E-state index is -3.32. The summed E-state index contributed by atoms with van der Waals surface area (Å²) in [4.78, 5) is 27.7. The van der Waals surface area contributed by atoms with Gasteiger partial charge < -0.3 is 4.90 Å². The summed E-state index contributed by atoms with van der Waals surface area (Å²) < 4.78 is 26.6. The van der Waals surface area contributed by atoms with Crippen LogP contribution >= 0.6 is 23.2 Å². The van der Waals surface area contributed by atoms with Crippen LogP contribution in [0.25, 0.3) is 5.69 Å². The van der Waals surface area contributed by atoms with E-state index in [0.717, 1.165) is 43.0 Å². The van der Waals surface area contributed by atoms with Gasteiger partial charge in [0.05, 0.1) is 16.3 Å². The van der Waals surface area contributed by atoms with Crippen LogP contribution in [-0.2, 0) is 10.0 Å². The van der Waals surface area contributed by atoms with Crippen LogP contribution in [0.2, 0.25) is 10.0 Å². The number of hydrogen-bond acceptors (Lipinski definition) is 6. The normalized spacial score (nSPS) is 15.2. The number of rotatable bonds is 7. The molecule has 1 aromatic carbocycles. The Bertz CT molecular complexity index is 1070. The lowest BCUT2D eigenvalue weighted by Gasteiger charge is -2.33. The van der Waals surface area contributed by atoms with Crippen LogP contribution in [-0.4, -0.2) is 64.5 Å². The molecule has 0 saturated heterocycles. The van der Waals surface area contributed by atoms with Crippen LogP contribution in [0.5, 0.6) is 0 Å². The smallest absolute Gasteiger partial charge is 0.320 e. The van der Waals surface area contributed by atoms with E-state index in [0.29, 0.717) is 11.1 Å². The van der Waals surface area contributed by atoms with Gasteiger partial charge in [0.15, 0.2) is 0 Å². The van der Waals surface area contributed by atoms with Crippen molar-refractivity contribution in [3.05, 3.63) is 38.7 Å². The molecule has 13 heteroatoms. The van der Waals surface area contributed by atoms with Crippen molar-refractivity contribution in [1.29, 1.82) is 0 Å². The molecule has 0 spiro atoms. The second-order valence-corrected chi connectivity index (χ2v) is 10.1. The third kappa shape index (κ3) is 5.85. The highest BCUT2D eigenvalue weighted by Gasteiger charge is 2.29. The molecule has 1 saturated carbocycles. The fraction of sp³-hybridized carbons (Fsp3) is 0.556. The molecule has 0 radical (unpaired) electrons. The molecule has 1 heterocycles. The minimum Gasteiger partial charge on any atom is -0.320 e. The maximum Gasteiger partial charge on any atom is 0.377 e. The molecule has 1 aliphatic rings. The number of para-hydroxylation sites is 1. The average molecular weight is 491 g/mol. The van der Waals surface area contributed by atoms with Crippen molar-refractivity contribution in [2.45, 2.75) is 44.6 Å². The lowest BCUT2D eigenvalue weighted by atomic mass is 9.94. The number of benzene rings is 1. The zero-order valence-corrected chi connectivity index (χ0v) is 19.3. The highest BCUT2D eigenvalue weighted by Crippen LogP contribution is 2.26. The number of sulfonamides is 1. The Kier molecular flexibility index (Phi) is 7.73. The molecule has 0 atom stereocenters. The maximum atomic E-state index is 13.2. The lowest BCUT2D eigenvalue weighted by Crippen LogP contribution is -2.48. The van der Waals surface area contributed by atoms with E-state index < -0.39 is 21.7 Å². The molecule has 1 amide bonds. The van der Waals surface area contributed by atoms with E-state index >= 15 is 0 Å². The molecule has 10 nitrogen and oxygen atoms in total. The molecular weight excluding hydrogens is 467 g/mol. The number of amides is 1. The zero-order chi connectivity index (χ0) is 22.6. The van der Waals surface area contributed by atoms with Gasteiger partial charge in [-0.1, -0.05) is 48.5 Å². The van der Waals surface area contributed by atoms with Crippen LogP contribution in [0.3, 0.4) is 0 Å². The van der Waals surface area contributed by atoms with Crippen molar-refractivity contribution >= 4 is 39.3 Å². The number of nitrogens with one attached hydrogen (secondary N) is 1. The number of nitrogens with zero attached hydrogens (tertiary/aromatic N) is 5. The molecule has 3 rings (SSSR count). The summed E-state index contributed by atoms with van der Waals surface area (Å²) in [6.07, 6.45) is 6.15. The number of hydrogen-bond donors (Lipinski definition) is 1. The summed E-state index contributed by atoms with van der Waals surface area (Å²) in [6.45, 7) is 0.463. The number of carbonyl (C=O) groups is 1. The number of halogens is 2. The SMILES string of the molecule is CS(=O)(=O)NCCCN(C(=O)n1nnn(-c2c(Cl)cccc2Cl)c1=O)C1CCCCC1. The van der Waals surface area contributed by atoms with Crippen molar-refractivity contribution in [3.63, 3.8) is 0 Å². The Hall–Kier alpha value is -1.95.